The summed E-state index contributed by atoms with van der Waals surface area (Å²) in [6.07, 6.45) is 7.91. The smallest absolute Gasteiger partial charge is 0.270 e. The predicted molar refractivity (Wildman–Crippen MR) is 133 cm³/mol. The largest absolute Gasteiger partial charge is 0.393 e. The minimum Gasteiger partial charge on any atom is -0.393 e. The van der Waals surface area contributed by atoms with Crippen LogP contribution in [0.3, 0.4) is 0 Å². The molecule has 1 saturated heterocycles. The fourth-order valence-corrected chi connectivity index (χ4v) is 4.76. The number of rotatable bonds is 6. The molecule has 9 heteroatoms. The van der Waals surface area contributed by atoms with Crippen molar-refractivity contribution < 1.29 is 19.4 Å². The molecule has 2 amide bonds. The first kappa shape index (κ1) is 25.1. The van der Waals surface area contributed by atoms with E-state index in [0.29, 0.717) is 35.8 Å². The Hall–Kier alpha value is -3.04. The summed E-state index contributed by atoms with van der Waals surface area (Å²) in [4.78, 5) is 29.5. The number of nitrogens with one attached hydrogen (secondary N) is 2. The third-order valence-electron chi connectivity index (χ3n) is 6.92. The molecule has 4 rings (SSSR count). The van der Waals surface area contributed by atoms with Gasteiger partial charge in [0, 0.05) is 36.1 Å². The van der Waals surface area contributed by atoms with Crippen LogP contribution in [-0.4, -0.2) is 57.0 Å². The molecule has 0 unspecified atom stereocenters. The van der Waals surface area contributed by atoms with Crippen LogP contribution in [-0.2, 0) is 9.53 Å². The number of carbonyl (C=O) groups is 2. The number of amides is 2. The average molecular weight is 482 g/mol. The SMILES string of the molecule is C/C(=C\c1c(C)nn(C2CCOCC2)c1C)C(=O)Nc1ccc(C(=O)N[C@H]2CC[C@H](O)CC2)nc1. The Morgan fingerprint density at radius 3 is 2.49 bits per heavy atom. The van der Waals surface area contributed by atoms with E-state index in [0.717, 1.165) is 55.8 Å². The van der Waals surface area contributed by atoms with Crippen LogP contribution in [0.4, 0.5) is 5.69 Å². The molecule has 0 spiro atoms. The van der Waals surface area contributed by atoms with Crippen molar-refractivity contribution in [3.8, 4) is 0 Å². The molecule has 2 aliphatic rings. The molecule has 9 nitrogen and oxygen atoms in total. The van der Waals surface area contributed by atoms with Crippen LogP contribution in [0.1, 0.15) is 78.9 Å². The first-order chi connectivity index (χ1) is 16.8. The van der Waals surface area contributed by atoms with Gasteiger partial charge in [-0.3, -0.25) is 14.3 Å². The van der Waals surface area contributed by atoms with Gasteiger partial charge in [0.05, 0.1) is 29.7 Å². The second-order valence-electron chi connectivity index (χ2n) is 9.57. The van der Waals surface area contributed by atoms with Crippen LogP contribution in [0.25, 0.3) is 6.08 Å². The van der Waals surface area contributed by atoms with E-state index in [1.165, 1.54) is 6.20 Å². The summed E-state index contributed by atoms with van der Waals surface area (Å²) in [6.45, 7) is 7.26. The number of aliphatic hydroxyl groups excluding tert-OH is 1. The van der Waals surface area contributed by atoms with Crippen LogP contribution < -0.4 is 10.6 Å². The molecule has 35 heavy (non-hydrogen) atoms. The van der Waals surface area contributed by atoms with Gasteiger partial charge in [-0.25, -0.2) is 4.98 Å². The molecule has 3 N–H and O–H groups in total. The van der Waals surface area contributed by atoms with Crippen molar-refractivity contribution in [3.63, 3.8) is 0 Å². The summed E-state index contributed by atoms with van der Waals surface area (Å²) in [6, 6.07) is 3.67. The van der Waals surface area contributed by atoms with Crippen molar-refractivity contribution in [1.82, 2.24) is 20.1 Å². The van der Waals surface area contributed by atoms with Gasteiger partial charge in [-0.2, -0.15) is 5.10 Å². The summed E-state index contributed by atoms with van der Waals surface area (Å²) in [5.74, 6) is -0.477. The molecule has 188 valence electrons. The van der Waals surface area contributed by atoms with Crippen LogP contribution >= 0.6 is 0 Å². The van der Waals surface area contributed by atoms with E-state index in [1.807, 2.05) is 19.9 Å². The minimum absolute atomic E-state index is 0.0579. The number of aliphatic hydroxyl groups is 1. The summed E-state index contributed by atoms with van der Waals surface area (Å²) in [7, 11) is 0. The lowest BCUT2D eigenvalue weighted by Crippen LogP contribution is -2.38. The monoisotopic (exact) mass is 481 g/mol. The standard InChI is InChI=1S/C26H35N5O4/c1-16(14-23-17(2)30-31(18(23)3)21-10-12-35-13-11-21)25(33)29-20-6-9-24(27-15-20)26(34)28-19-4-7-22(32)8-5-19/h6,9,14-15,19,21-22,32H,4-5,7-8,10-13H2,1-3H3,(H,28,34)(H,29,33)/b16-14+/t19-,22-. The predicted octanol–water partition coefficient (Wildman–Crippen LogP) is 3.32. The Bertz CT molecular complexity index is 1080. The normalized spacial score (nSPS) is 21.5. The van der Waals surface area contributed by atoms with Crippen molar-refractivity contribution in [2.75, 3.05) is 18.5 Å². The maximum absolute atomic E-state index is 12.8. The fraction of sp³-hybridized carbons (Fsp3) is 0.538. The summed E-state index contributed by atoms with van der Waals surface area (Å²) >= 11 is 0. The lowest BCUT2D eigenvalue weighted by Gasteiger charge is -2.26. The maximum Gasteiger partial charge on any atom is 0.270 e. The lowest BCUT2D eigenvalue weighted by atomic mass is 9.93. The molecule has 1 aliphatic carbocycles. The zero-order valence-corrected chi connectivity index (χ0v) is 20.7. The Morgan fingerprint density at radius 2 is 1.83 bits per heavy atom. The zero-order chi connectivity index (χ0) is 24.9. The molecule has 0 aromatic carbocycles. The van der Waals surface area contributed by atoms with E-state index in [4.69, 9.17) is 9.84 Å². The molecular weight excluding hydrogens is 446 g/mol. The number of nitrogens with zero attached hydrogens (tertiary/aromatic N) is 3. The molecule has 1 saturated carbocycles. The molecule has 2 aromatic rings. The third kappa shape index (κ3) is 6.15. The van der Waals surface area contributed by atoms with Gasteiger partial charge in [-0.15, -0.1) is 0 Å². The minimum atomic E-state index is -0.266. The average Bonchev–Trinajstić information content (AvgIpc) is 3.14. The number of hydrogen-bond donors (Lipinski definition) is 3. The van der Waals surface area contributed by atoms with E-state index < -0.39 is 0 Å². The van der Waals surface area contributed by atoms with Gasteiger partial charge in [0.1, 0.15) is 5.69 Å². The van der Waals surface area contributed by atoms with Gasteiger partial charge in [0.15, 0.2) is 0 Å². The van der Waals surface area contributed by atoms with E-state index in [9.17, 15) is 14.7 Å². The van der Waals surface area contributed by atoms with Gasteiger partial charge >= 0.3 is 0 Å². The number of anilines is 1. The highest BCUT2D eigenvalue weighted by molar-refractivity contribution is 6.06. The summed E-state index contributed by atoms with van der Waals surface area (Å²) < 4.78 is 7.53. The molecular formula is C26H35N5O4. The van der Waals surface area contributed by atoms with Crippen molar-refractivity contribution in [3.05, 3.63) is 46.5 Å². The van der Waals surface area contributed by atoms with Gasteiger partial charge in [0.2, 0.25) is 0 Å². The number of pyridine rings is 1. The van der Waals surface area contributed by atoms with E-state index >= 15 is 0 Å². The van der Waals surface area contributed by atoms with Crippen LogP contribution in [0, 0.1) is 13.8 Å². The summed E-state index contributed by atoms with van der Waals surface area (Å²) in [5.41, 5.74) is 4.28. The van der Waals surface area contributed by atoms with Crippen LogP contribution in [0.5, 0.6) is 0 Å². The fourth-order valence-electron chi connectivity index (χ4n) is 4.76. The van der Waals surface area contributed by atoms with Crippen molar-refractivity contribution >= 4 is 23.6 Å². The Morgan fingerprint density at radius 1 is 1.11 bits per heavy atom. The van der Waals surface area contributed by atoms with Crippen molar-refractivity contribution in [1.29, 1.82) is 0 Å². The number of carbonyl (C=O) groups excluding carboxylic acids is 2. The topological polar surface area (TPSA) is 118 Å². The Balaban J connectivity index is 1.37. The van der Waals surface area contributed by atoms with E-state index in [2.05, 4.69) is 20.3 Å². The highest BCUT2D eigenvalue weighted by Crippen LogP contribution is 2.26. The quantitative estimate of drug-likeness (QED) is 0.545. The molecule has 2 aromatic heterocycles. The van der Waals surface area contributed by atoms with Crippen LogP contribution in [0.15, 0.2) is 23.9 Å². The van der Waals surface area contributed by atoms with E-state index in [-0.39, 0.29) is 24.0 Å². The molecule has 0 atom stereocenters. The van der Waals surface area contributed by atoms with Gasteiger partial charge in [-0.05, 0) is 77.5 Å². The number of ether oxygens (including phenoxy) is 1. The third-order valence-corrected chi connectivity index (χ3v) is 6.92. The molecule has 0 radical (unpaired) electrons. The highest BCUT2D eigenvalue weighted by atomic mass is 16.5. The first-order valence-electron chi connectivity index (χ1n) is 12.4. The zero-order valence-electron chi connectivity index (χ0n) is 20.7. The van der Waals surface area contributed by atoms with Gasteiger partial charge in [0.25, 0.3) is 11.8 Å². The van der Waals surface area contributed by atoms with Crippen LogP contribution in [0.2, 0.25) is 0 Å². The number of aryl methyl sites for hydroxylation is 1. The molecule has 1 aliphatic heterocycles. The van der Waals surface area contributed by atoms with E-state index in [1.54, 1.807) is 19.1 Å². The Labute approximate surface area is 206 Å². The lowest BCUT2D eigenvalue weighted by molar-refractivity contribution is -0.112. The maximum atomic E-state index is 12.8. The second kappa shape index (κ2) is 11.1. The molecule has 2 fully saturated rings. The van der Waals surface area contributed by atoms with Crippen molar-refractivity contribution in [2.45, 2.75) is 77.5 Å². The van der Waals surface area contributed by atoms with Gasteiger partial charge in [-0.1, -0.05) is 0 Å². The van der Waals surface area contributed by atoms with Gasteiger partial charge < -0.3 is 20.5 Å². The molecule has 3 heterocycles. The number of hydrogen-bond acceptors (Lipinski definition) is 6. The second-order valence-corrected chi connectivity index (χ2v) is 9.57. The highest BCUT2D eigenvalue weighted by Gasteiger charge is 2.23. The first-order valence-corrected chi connectivity index (χ1v) is 12.4. The molecule has 0 bridgehead atoms. The van der Waals surface area contributed by atoms with Crippen molar-refractivity contribution in [2.24, 2.45) is 0 Å². The summed E-state index contributed by atoms with van der Waals surface area (Å²) in [5, 5.41) is 20.2. The Kier molecular flexibility index (Phi) is 7.97. The number of aromatic nitrogens is 3.